The van der Waals surface area contributed by atoms with Crippen LogP contribution in [0.5, 0.6) is 0 Å². The third kappa shape index (κ3) is 8.30. The number of nitrogen functional groups attached to an aromatic ring is 2. The Morgan fingerprint density at radius 2 is 1.24 bits per heavy atom. The van der Waals surface area contributed by atoms with E-state index in [0.717, 1.165) is 105 Å². The van der Waals surface area contributed by atoms with Crippen LogP contribution >= 0.6 is 11.6 Å². The van der Waals surface area contributed by atoms with E-state index in [-0.39, 0.29) is 24.0 Å². The van der Waals surface area contributed by atoms with Gasteiger partial charge in [0.25, 0.3) is 6.23 Å². The largest absolute Gasteiger partial charge is 0.383 e. The maximum absolute atomic E-state index is 14.2. The number of rotatable bonds is 9. The minimum atomic E-state index is -0.631. The Morgan fingerprint density at radius 3 is 1.87 bits per heavy atom. The Kier molecular flexibility index (Phi) is 11.7. The fourth-order valence-electron chi connectivity index (χ4n) is 10.0. The van der Waals surface area contributed by atoms with Gasteiger partial charge in [-0.15, -0.1) is 0 Å². The maximum Gasteiger partial charge on any atom is 0.288 e. The summed E-state index contributed by atoms with van der Waals surface area (Å²) >= 11 is 6.44. The number of benzene rings is 2. The minimum absolute atomic E-state index is 0.229. The molecule has 4 aliphatic heterocycles. The first-order valence-electron chi connectivity index (χ1n) is 22.0. The highest BCUT2D eigenvalue weighted by molar-refractivity contribution is 6.33. The lowest BCUT2D eigenvalue weighted by atomic mass is 9.83. The van der Waals surface area contributed by atoms with Gasteiger partial charge in [-0.2, -0.15) is 4.39 Å². The van der Waals surface area contributed by atoms with Gasteiger partial charge in [-0.1, -0.05) is 40.5 Å². The van der Waals surface area contributed by atoms with Gasteiger partial charge in [0.15, 0.2) is 6.20 Å². The van der Waals surface area contributed by atoms with Crippen molar-refractivity contribution in [1.29, 1.82) is 0 Å². The van der Waals surface area contributed by atoms with Crippen molar-refractivity contribution in [1.82, 2.24) is 30.7 Å². The predicted octanol–water partition coefficient (Wildman–Crippen LogP) is 9.01. The SMILES string of the molecule is Nc1ncc(-c2ccc(C3CCOCC3)c([C@@H]3CCCN3)c2)cc1-c1cc[n+](C2CC(c3ccc(-c4cnc(N)c(-c5cc(F)ncc5Cl)c4)cc3[C@@H]3CCCN3)CCO2)nc1. The molecule has 13 heteroatoms. The molecule has 4 saturated heterocycles. The number of ether oxygens (including phenoxy) is 2. The Hall–Kier alpha value is -5.37. The van der Waals surface area contributed by atoms with Crippen LogP contribution in [-0.2, 0) is 9.47 Å². The fraction of sp³-hybridized carbons (Fsp3) is 0.367. The molecule has 0 amide bonds. The topological polar surface area (TPSA) is 150 Å². The van der Waals surface area contributed by atoms with Crippen molar-refractivity contribution in [2.45, 2.75) is 81.5 Å². The van der Waals surface area contributed by atoms with E-state index < -0.39 is 5.95 Å². The molecule has 62 heavy (non-hydrogen) atoms. The van der Waals surface area contributed by atoms with E-state index in [1.54, 1.807) is 6.20 Å². The number of nitrogens with two attached hydrogens (primary N) is 2. The highest BCUT2D eigenvalue weighted by atomic mass is 35.5. The molecule has 0 bridgehead atoms. The summed E-state index contributed by atoms with van der Waals surface area (Å²) in [5.74, 6) is 0.888. The number of anilines is 2. The fourth-order valence-corrected chi connectivity index (χ4v) is 10.2. The normalized spacial score (nSPS) is 22.0. The Bertz CT molecular complexity index is 2580. The van der Waals surface area contributed by atoms with Gasteiger partial charge < -0.3 is 31.6 Å². The molecule has 4 fully saturated rings. The molecular weight excluding hydrogens is 801 g/mol. The number of nitrogens with one attached hydrogen (secondary N) is 2. The molecular formula is C49H52ClFN9O2+. The molecule has 0 aliphatic carbocycles. The molecule has 318 valence electrons. The number of aromatic nitrogens is 5. The van der Waals surface area contributed by atoms with E-state index in [1.807, 2.05) is 29.3 Å². The van der Waals surface area contributed by atoms with Crippen molar-refractivity contribution in [3.05, 3.63) is 125 Å². The molecule has 0 spiro atoms. The molecule has 4 aliphatic rings. The average Bonchev–Trinajstić information content (AvgIpc) is 4.07. The Balaban J connectivity index is 0.898. The summed E-state index contributed by atoms with van der Waals surface area (Å²) in [6.07, 6.45) is 16.9. The summed E-state index contributed by atoms with van der Waals surface area (Å²) in [6.45, 7) is 4.29. The molecule has 4 atom stereocenters. The number of pyridine rings is 3. The zero-order chi connectivity index (χ0) is 42.2. The zero-order valence-corrected chi connectivity index (χ0v) is 35.5. The number of nitrogens with zero attached hydrogens (tertiary/aromatic N) is 5. The van der Waals surface area contributed by atoms with E-state index >= 15 is 0 Å². The summed E-state index contributed by atoms with van der Waals surface area (Å²) in [4.78, 5) is 12.8. The quantitative estimate of drug-likeness (QED) is 0.0820. The molecule has 2 unspecified atom stereocenters. The lowest BCUT2D eigenvalue weighted by molar-refractivity contribution is -0.814. The van der Waals surface area contributed by atoms with Crippen LogP contribution in [0.25, 0.3) is 44.5 Å². The van der Waals surface area contributed by atoms with Gasteiger partial charge in [0.2, 0.25) is 5.95 Å². The molecule has 6 N–H and O–H groups in total. The van der Waals surface area contributed by atoms with Crippen LogP contribution in [0.2, 0.25) is 5.02 Å². The molecule has 0 radical (unpaired) electrons. The van der Waals surface area contributed by atoms with Crippen LogP contribution in [0.3, 0.4) is 0 Å². The molecule has 11 nitrogen and oxygen atoms in total. The first kappa shape index (κ1) is 40.7. The number of halogens is 2. The van der Waals surface area contributed by atoms with Gasteiger partial charge in [-0.25, -0.2) is 15.0 Å². The van der Waals surface area contributed by atoms with E-state index in [0.29, 0.717) is 40.5 Å². The van der Waals surface area contributed by atoms with Crippen LogP contribution in [0, 0.1) is 5.95 Å². The summed E-state index contributed by atoms with van der Waals surface area (Å²) in [5.41, 5.74) is 25.1. The molecule has 8 heterocycles. The van der Waals surface area contributed by atoms with Crippen LogP contribution in [0.4, 0.5) is 16.0 Å². The van der Waals surface area contributed by atoms with Crippen molar-refractivity contribution < 1.29 is 18.5 Å². The second-order valence-electron chi connectivity index (χ2n) is 17.1. The van der Waals surface area contributed by atoms with Crippen LogP contribution in [-0.4, -0.2) is 53.0 Å². The average molecular weight is 853 g/mol. The molecule has 6 aromatic rings. The molecule has 4 aromatic heterocycles. The highest BCUT2D eigenvalue weighted by Crippen LogP contribution is 2.42. The highest BCUT2D eigenvalue weighted by Gasteiger charge is 2.34. The van der Waals surface area contributed by atoms with Crippen LogP contribution < -0.4 is 26.8 Å². The summed E-state index contributed by atoms with van der Waals surface area (Å²) in [6, 6.07) is 21.6. The van der Waals surface area contributed by atoms with E-state index in [4.69, 9.17) is 37.6 Å². The molecule has 10 rings (SSSR count). The first-order valence-corrected chi connectivity index (χ1v) is 22.4. The third-order valence-electron chi connectivity index (χ3n) is 13.4. The van der Waals surface area contributed by atoms with Crippen molar-refractivity contribution in [3.8, 4) is 44.5 Å². The second-order valence-corrected chi connectivity index (χ2v) is 17.5. The monoisotopic (exact) mass is 852 g/mol. The maximum atomic E-state index is 14.2. The van der Waals surface area contributed by atoms with Crippen molar-refractivity contribution in [3.63, 3.8) is 0 Å². The standard InChI is InChI=1S/C49H51ClFN9O2/c50-43-28-56-46(51)24-39(43)42-22-35(26-58-49(42)53)31-6-8-37(41(20-31)45-4-2-14-55-45)32-12-18-62-47(23-32)60-15-9-33(27-59-60)38-21-34(25-57-48(38)52)30-5-7-36(29-10-16-61-17-11-29)40(19-30)44-3-1-13-54-44/h5-9,15,19-22,24-29,32,44-45,47,52,54-55H,1-4,10-14,16-18,23H2,(H2,53,56,58)/p+1/t32?,44-,45-,47?/m0/s1. The minimum Gasteiger partial charge on any atom is -0.383 e. The predicted molar refractivity (Wildman–Crippen MR) is 240 cm³/mol. The summed E-state index contributed by atoms with van der Waals surface area (Å²) in [7, 11) is 0. The van der Waals surface area contributed by atoms with Gasteiger partial charge in [0.1, 0.15) is 17.8 Å². The van der Waals surface area contributed by atoms with Gasteiger partial charge >= 0.3 is 0 Å². The Morgan fingerprint density at radius 1 is 0.613 bits per heavy atom. The lowest BCUT2D eigenvalue weighted by Gasteiger charge is -2.29. The number of hydrogen-bond acceptors (Lipinski definition) is 10. The van der Waals surface area contributed by atoms with Gasteiger partial charge in [-0.05, 0) is 133 Å². The van der Waals surface area contributed by atoms with Crippen molar-refractivity contribution in [2.24, 2.45) is 0 Å². The van der Waals surface area contributed by atoms with Crippen molar-refractivity contribution in [2.75, 3.05) is 44.4 Å². The van der Waals surface area contributed by atoms with Gasteiger partial charge in [-0.3, -0.25) is 0 Å². The van der Waals surface area contributed by atoms with E-state index in [2.05, 4.69) is 74.1 Å². The van der Waals surface area contributed by atoms with E-state index in [9.17, 15) is 4.39 Å². The molecule has 2 aromatic carbocycles. The molecule has 0 saturated carbocycles. The first-order chi connectivity index (χ1) is 30.4. The zero-order valence-electron chi connectivity index (χ0n) is 34.7. The lowest BCUT2D eigenvalue weighted by Crippen LogP contribution is -2.46. The van der Waals surface area contributed by atoms with Gasteiger partial charge in [0.05, 0.1) is 11.6 Å². The summed E-state index contributed by atoms with van der Waals surface area (Å²) in [5, 5.41) is 12.7. The van der Waals surface area contributed by atoms with Gasteiger partial charge in [0, 0.05) is 95.8 Å². The smallest absolute Gasteiger partial charge is 0.288 e. The third-order valence-corrected chi connectivity index (χ3v) is 13.7. The van der Waals surface area contributed by atoms with Crippen molar-refractivity contribution >= 4 is 23.2 Å². The van der Waals surface area contributed by atoms with Crippen LogP contribution in [0.15, 0.2) is 91.6 Å². The van der Waals surface area contributed by atoms with E-state index in [1.165, 1.54) is 40.9 Å². The second kappa shape index (κ2) is 17.8. The Labute approximate surface area is 366 Å². The summed E-state index contributed by atoms with van der Waals surface area (Å²) < 4.78 is 28.2. The van der Waals surface area contributed by atoms with Crippen LogP contribution in [0.1, 0.15) is 104 Å². The number of hydrogen-bond donors (Lipinski definition) is 4.